The van der Waals surface area contributed by atoms with Crippen molar-refractivity contribution in [3.63, 3.8) is 0 Å². The summed E-state index contributed by atoms with van der Waals surface area (Å²) in [7, 11) is 0. The van der Waals surface area contributed by atoms with Crippen molar-refractivity contribution in [3.8, 4) is 0 Å². The van der Waals surface area contributed by atoms with Crippen LogP contribution in [0.15, 0.2) is 12.2 Å². The van der Waals surface area contributed by atoms with Crippen molar-refractivity contribution in [1.29, 1.82) is 0 Å². The third-order valence-corrected chi connectivity index (χ3v) is 3.08. The fourth-order valence-electron chi connectivity index (χ4n) is 2.49. The highest BCUT2D eigenvalue weighted by Gasteiger charge is 2.40. The minimum atomic E-state index is 0.375. The maximum atomic E-state index is 11.4. The number of rotatable bonds is 2. The summed E-state index contributed by atoms with van der Waals surface area (Å²) in [6, 6.07) is 0. The quantitative estimate of drug-likeness (QED) is 0.551. The molecule has 0 aromatic rings. The van der Waals surface area contributed by atoms with Crippen molar-refractivity contribution in [2.45, 2.75) is 26.2 Å². The Morgan fingerprint density at radius 1 is 1.36 bits per heavy atom. The number of hydrogen-bond donors (Lipinski definition) is 0. The normalized spacial score (nSPS) is 39.9. The molecule has 2 unspecified atom stereocenters. The molecular weight excluding hydrogens is 136 g/mol. The minimum Gasteiger partial charge on any atom is -0.299 e. The van der Waals surface area contributed by atoms with Gasteiger partial charge in [-0.15, -0.1) is 0 Å². The Balaban J connectivity index is 2.13. The van der Waals surface area contributed by atoms with E-state index in [1.54, 1.807) is 0 Å². The van der Waals surface area contributed by atoms with Crippen LogP contribution in [0.5, 0.6) is 0 Å². The van der Waals surface area contributed by atoms with Gasteiger partial charge < -0.3 is 0 Å². The van der Waals surface area contributed by atoms with E-state index in [1.165, 1.54) is 12.8 Å². The van der Waals surface area contributed by atoms with E-state index in [4.69, 9.17) is 0 Å². The number of allylic oxidation sites excluding steroid dienone is 2. The first-order valence-electron chi connectivity index (χ1n) is 4.54. The predicted molar refractivity (Wildman–Crippen MR) is 44.1 cm³/mol. The van der Waals surface area contributed by atoms with E-state index < -0.39 is 0 Å². The van der Waals surface area contributed by atoms with Gasteiger partial charge in [0.1, 0.15) is 5.78 Å². The summed E-state index contributed by atoms with van der Waals surface area (Å²) in [4.78, 5) is 11.4. The fourth-order valence-corrected chi connectivity index (χ4v) is 2.49. The Morgan fingerprint density at radius 2 is 1.91 bits per heavy atom. The molecule has 0 aromatic carbocycles. The van der Waals surface area contributed by atoms with E-state index in [1.807, 2.05) is 6.92 Å². The van der Waals surface area contributed by atoms with Crippen LogP contribution in [-0.2, 0) is 4.79 Å². The van der Waals surface area contributed by atoms with Crippen molar-refractivity contribution >= 4 is 5.78 Å². The van der Waals surface area contributed by atoms with Gasteiger partial charge in [0.25, 0.3) is 0 Å². The van der Waals surface area contributed by atoms with Gasteiger partial charge in [0.05, 0.1) is 0 Å². The van der Waals surface area contributed by atoms with Gasteiger partial charge in [0, 0.05) is 12.3 Å². The molecule has 0 heterocycles. The Labute approximate surface area is 67.5 Å². The second-order valence-corrected chi connectivity index (χ2v) is 3.64. The lowest BCUT2D eigenvalue weighted by molar-refractivity contribution is -0.123. The van der Waals surface area contributed by atoms with E-state index in [0.29, 0.717) is 23.5 Å². The minimum absolute atomic E-state index is 0.375. The van der Waals surface area contributed by atoms with E-state index in [-0.39, 0.29) is 0 Å². The highest BCUT2D eigenvalue weighted by Crippen LogP contribution is 2.44. The molecule has 11 heavy (non-hydrogen) atoms. The summed E-state index contributed by atoms with van der Waals surface area (Å²) in [5, 5.41) is 0. The van der Waals surface area contributed by atoms with Gasteiger partial charge in [0.15, 0.2) is 0 Å². The summed E-state index contributed by atoms with van der Waals surface area (Å²) in [5.74, 6) is 2.06. The molecule has 2 aliphatic carbocycles. The van der Waals surface area contributed by atoms with Crippen LogP contribution in [0, 0.1) is 17.8 Å². The summed E-state index contributed by atoms with van der Waals surface area (Å²) in [5.41, 5.74) is 0. The Kier molecular flexibility index (Phi) is 1.59. The molecule has 2 rings (SSSR count). The molecule has 1 saturated carbocycles. The number of hydrogen-bond acceptors (Lipinski definition) is 1. The molecule has 60 valence electrons. The molecular formula is C10H14O. The Bertz CT molecular complexity index is 191. The van der Waals surface area contributed by atoms with Crippen molar-refractivity contribution in [2.75, 3.05) is 0 Å². The van der Waals surface area contributed by atoms with E-state index in [2.05, 4.69) is 12.2 Å². The monoisotopic (exact) mass is 150 g/mol. The molecule has 0 amide bonds. The van der Waals surface area contributed by atoms with Crippen LogP contribution in [-0.4, -0.2) is 5.78 Å². The molecule has 2 atom stereocenters. The zero-order chi connectivity index (χ0) is 7.84. The smallest absolute Gasteiger partial charge is 0.136 e. The molecule has 1 nitrogen and oxygen atoms in total. The van der Waals surface area contributed by atoms with E-state index >= 15 is 0 Å². The Morgan fingerprint density at radius 3 is 2.27 bits per heavy atom. The van der Waals surface area contributed by atoms with Crippen LogP contribution in [0.1, 0.15) is 26.2 Å². The van der Waals surface area contributed by atoms with Gasteiger partial charge >= 0.3 is 0 Å². The van der Waals surface area contributed by atoms with E-state index in [9.17, 15) is 4.79 Å². The standard InChI is InChI=1S/C10H14O/c1-2-9(11)10-7-3-4-8(10)6-5-7/h3-4,7-8,10H,2,5-6H2,1H3. The maximum Gasteiger partial charge on any atom is 0.136 e. The number of ketones is 1. The third-order valence-electron chi connectivity index (χ3n) is 3.08. The van der Waals surface area contributed by atoms with Crippen LogP contribution in [0.3, 0.4) is 0 Å². The average Bonchev–Trinajstić information content (AvgIpc) is 2.61. The largest absolute Gasteiger partial charge is 0.299 e. The van der Waals surface area contributed by atoms with E-state index in [0.717, 1.165) is 6.42 Å². The van der Waals surface area contributed by atoms with Gasteiger partial charge in [-0.1, -0.05) is 19.1 Å². The number of fused-ring (bicyclic) bond motifs is 2. The van der Waals surface area contributed by atoms with Crippen LogP contribution in [0.4, 0.5) is 0 Å². The average molecular weight is 150 g/mol. The molecule has 0 spiro atoms. The molecule has 1 heteroatoms. The number of Topliss-reactive ketones (excluding diaryl/α,β-unsaturated/α-hetero) is 1. The third kappa shape index (κ3) is 0.943. The maximum absolute atomic E-state index is 11.4. The Hall–Kier alpha value is -0.590. The van der Waals surface area contributed by atoms with Gasteiger partial charge in [0.2, 0.25) is 0 Å². The second-order valence-electron chi connectivity index (χ2n) is 3.64. The topological polar surface area (TPSA) is 17.1 Å². The van der Waals surface area contributed by atoms with Crippen molar-refractivity contribution in [3.05, 3.63) is 12.2 Å². The van der Waals surface area contributed by atoms with Crippen LogP contribution >= 0.6 is 0 Å². The van der Waals surface area contributed by atoms with Crippen molar-refractivity contribution < 1.29 is 4.79 Å². The second kappa shape index (κ2) is 2.47. The summed E-state index contributed by atoms with van der Waals surface area (Å²) < 4.78 is 0. The van der Waals surface area contributed by atoms with Gasteiger partial charge in [-0.05, 0) is 24.7 Å². The first-order valence-corrected chi connectivity index (χ1v) is 4.54. The first kappa shape index (κ1) is 7.08. The summed E-state index contributed by atoms with van der Waals surface area (Å²) in [6.45, 7) is 1.97. The van der Waals surface area contributed by atoms with Crippen molar-refractivity contribution in [1.82, 2.24) is 0 Å². The molecule has 2 bridgehead atoms. The SMILES string of the molecule is CCC(=O)C1C2C=CC1CC2. The van der Waals surface area contributed by atoms with Gasteiger partial charge in [-0.3, -0.25) is 4.79 Å². The molecule has 0 aliphatic heterocycles. The molecule has 0 saturated heterocycles. The van der Waals surface area contributed by atoms with Crippen molar-refractivity contribution in [2.24, 2.45) is 17.8 Å². The molecule has 0 aromatic heterocycles. The summed E-state index contributed by atoms with van der Waals surface area (Å²) >= 11 is 0. The predicted octanol–water partition coefficient (Wildman–Crippen LogP) is 2.18. The zero-order valence-corrected chi connectivity index (χ0v) is 6.92. The van der Waals surface area contributed by atoms with Crippen LogP contribution < -0.4 is 0 Å². The van der Waals surface area contributed by atoms with Gasteiger partial charge in [-0.2, -0.15) is 0 Å². The fraction of sp³-hybridized carbons (Fsp3) is 0.700. The molecule has 0 radical (unpaired) electrons. The van der Waals surface area contributed by atoms with Crippen LogP contribution in [0.25, 0.3) is 0 Å². The number of carbonyl (C=O) groups is 1. The van der Waals surface area contributed by atoms with Gasteiger partial charge in [-0.25, -0.2) is 0 Å². The lowest BCUT2D eigenvalue weighted by Gasteiger charge is -2.12. The highest BCUT2D eigenvalue weighted by molar-refractivity contribution is 5.82. The summed E-state index contributed by atoms with van der Waals surface area (Å²) in [6.07, 6.45) is 7.70. The first-order chi connectivity index (χ1) is 5.33. The molecule has 1 fully saturated rings. The zero-order valence-electron chi connectivity index (χ0n) is 6.92. The number of carbonyl (C=O) groups excluding carboxylic acids is 1. The lowest BCUT2D eigenvalue weighted by Crippen LogP contribution is -2.18. The highest BCUT2D eigenvalue weighted by atomic mass is 16.1. The molecule has 0 N–H and O–H groups in total. The molecule has 2 aliphatic rings. The lowest BCUT2D eigenvalue weighted by atomic mass is 9.91. The van der Waals surface area contributed by atoms with Crippen LogP contribution in [0.2, 0.25) is 0 Å².